The average molecular weight is 304 g/mol. The molecule has 110 valence electrons. The quantitative estimate of drug-likeness (QED) is 0.944. The first-order valence-corrected chi connectivity index (χ1v) is 7.84. The maximum atomic E-state index is 13.7. The Morgan fingerprint density at radius 1 is 1.43 bits per heavy atom. The van der Waals surface area contributed by atoms with Gasteiger partial charge in [-0.3, -0.25) is 4.79 Å². The number of rotatable bonds is 3. The van der Waals surface area contributed by atoms with Crippen molar-refractivity contribution in [1.82, 2.24) is 4.90 Å². The standard InChI is InChI=1S/C16H17FN2OS/c1-11-2-3-14(13(17)8-11)18-9-16(20)19-6-4-15-12(10-19)5-7-21-15/h2-3,5,7-8,18H,4,6,9-10H2,1H3. The summed E-state index contributed by atoms with van der Waals surface area (Å²) in [6.07, 6.45) is 0.914. The van der Waals surface area contributed by atoms with Gasteiger partial charge in [0.25, 0.3) is 0 Å². The molecule has 0 aliphatic carbocycles. The molecule has 0 saturated carbocycles. The molecule has 1 aliphatic heterocycles. The van der Waals surface area contributed by atoms with Crippen molar-refractivity contribution in [2.24, 2.45) is 0 Å². The first kappa shape index (κ1) is 14.1. The Kier molecular flexibility index (Phi) is 3.92. The van der Waals surface area contributed by atoms with Gasteiger partial charge in [-0.1, -0.05) is 6.07 Å². The van der Waals surface area contributed by atoms with Crippen LogP contribution < -0.4 is 5.32 Å². The lowest BCUT2D eigenvalue weighted by Gasteiger charge is -2.27. The fourth-order valence-electron chi connectivity index (χ4n) is 2.51. The molecule has 1 aromatic carbocycles. The molecule has 1 aliphatic rings. The smallest absolute Gasteiger partial charge is 0.242 e. The van der Waals surface area contributed by atoms with E-state index in [9.17, 15) is 9.18 Å². The monoisotopic (exact) mass is 304 g/mol. The van der Waals surface area contributed by atoms with E-state index in [2.05, 4.69) is 16.8 Å². The van der Waals surface area contributed by atoms with E-state index in [1.165, 1.54) is 16.5 Å². The van der Waals surface area contributed by atoms with E-state index in [1.807, 2.05) is 17.9 Å². The topological polar surface area (TPSA) is 32.3 Å². The number of nitrogens with zero attached hydrogens (tertiary/aromatic N) is 1. The normalized spacial score (nSPS) is 13.9. The van der Waals surface area contributed by atoms with Crippen molar-refractivity contribution in [2.75, 3.05) is 18.4 Å². The molecule has 2 aromatic rings. The number of nitrogens with one attached hydrogen (secondary N) is 1. The van der Waals surface area contributed by atoms with Crippen LogP contribution in [0.2, 0.25) is 0 Å². The van der Waals surface area contributed by atoms with Gasteiger partial charge < -0.3 is 10.2 Å². The van der Waals surface area contributed by atoms with Crippen LogP contribution in [0, 0.1) is 12.7 Å². The Hall–Kier alpha value is -1.88. The molecule has 1 amide bonds. The van der Waals surface area contributed by atoms with Gasteiger partial charge in [0.1, 0.15) is 5.82 Å². The van der Waals surface area contributed by atoms with Crippen molar-refractivity contribution < 1.29 is 9.18 Å². The lowest BCUT2D eigenvalue weighted by Crippen LogP contribution is -2.38. The minimum absolute atomic E-state index is 0.00632. The lowest BCUT2D eigenvalue weighted by molar-refractivity contribution is -0.130. The number of aryl methyl sites for hydroxylation is 1. The van der Waals surface area contributed by atoms with Gasteiger partial charge in [0.15, 0.2) is 0 Å². The molecule has 2 heterocycles. The highest BCUT2D eigenvalue weighted by Gasteiger charge is 2.21. The number of thiophene rings is 1. The summed E-state index contributed by atoms with van der Waals surface area (Å²) in [4.78, 5) is 15.4. The minimum atomic E-state index is -0.318. The number of amides is 1. The fraction of sp³-hybridized carbons (Fsp3) is 0.312. The summed E-state index contributed by atoms with van der Waals surface area (Å²) in [5, 5.41) is 4.96. The molecule has 0 atom stereocenters. The molecule has 1 aromatic heterocycles. The zero-order valence-corrected chi connectivity index (χ0v) is 12.7. The third-order valence-electron chi connectivity index (χ3n) is 3.72. The predicted octanol–water partition coefficient (Wildman–Crippen LogP) is 3.19. The van der Waals surface area contributed by atoms with Crippen LogP contribution in [0.5, 0.6) is 0 Å². The largest absolute Gasteiger partial charge is 0.374 e. The minimum Gasteiger partial charge on any atom is -0.374 e. The SMILES string of the molecule is Cc1ccc(NCC(=O)N2CCc3sccc3C2)c(F)c1. The Balaban J connectivity index is 1.60. The van der Waals surface area contributed by atoms with Crippen LogP contribution in [0.25, 0.3) is 0 Å². The van der Waals surface area contributed by atoms with Crippen molar-refractivity contribution in [3.63, 3.8) is 0 Å². The second-order valence-corrected chi connectivity index (χ2v) is 6.27. The van der Waals surface area contributed by atoms with E-state index in [1.54, 1.807) is 17.4 Å². The van der Waals surface area contributed by atoms with Crippen LogP contribution in [0.3, 0.4) is 0 Å². The second kappa shape index (κ2) is 5.85. The van der Waals surface area contributed by atoms with E-state index < -0.39 is 0 Å². The van der Waals surface area contributed by atoms with Crippen LogP contribution in [0.4, 0.5) is 10.1 Å². The molecular weight excluding hydrogens is 287 g/mol. The summed E-state index contributed by atoms with van der Waals surface area (Å²) in [5.41, 5.74) is 2.48. The average Bonchev–Trinajstić information content (AvgIpc) is 2.93. The zero-order valence-electron chi connectivity index (χ0n) is 11.9. The van der Waals surface area contributed by atoms with E-state index in [4.69, 9.17) is 0 Å². The van der Waals surface area contributed by atoms with Gasteiger partial charge in [-0.05, 0) is 48.1 Å². The van der Waals surface area contributed by atoms with Crippen LogP contribution in [0.1, 0.15) is 16.0 Å². The van der Waals surface area contributed by atoms with E-state index >= 15 is 0 Å². The Morgan fingerprint density at radius 3 is 3.10 bits per heavy atom. The summed E-state index contributed by atoms with van der Waals surface area (Å²) in [7, 11) is 0. The number of anilines is 1. The number of halogens is 1. The highest BCUT2D eigenvalue weighted by atomic mass is 32.1. The highest BCUT2D eigenvalue weighted by Crippen LogP contribution is 2.24. The van der Waals surface area contributed by atoms with Gasteiger partial charge in [0, 0.05) is 18.0 Å². The van der Waals surface area contributed by atoms with Crippen molar-refractivity contribution in [2.45, 2.75) is 19.9 Å². The third kappa shape index (κ3) is 3.08. The van der Waals surface area contributed by atoms with Gasteiger partial charge >= 0.3 is 0 Å². The first-order valence-electron chi connectivity index (χ1n) is 6.96. The molecule has 1 N–H and O–H groups in total. The maximum absolute atomic E-state index is 13.7. The molecule has 0 radical (unpaired) electrons. The number of benzene rings is 1. The molecular formula is C16H17FN2OS. The molecule has 0 spiro atoms. The van der Waals surface area contributed by atoms with E-state index in [0.29, 0.717) is 12.2 Å². The molecule has 0 saturated heterocycles. The van der Waals surface area contributed by atoms with Crippen molar-refractivity contribution >= 4 is 22.9 Å². The summed E-state index contributed by atoms with van der Waals surface area (Å²) < 4.78 is 13.7. The van der Waals surface area contributed by atoms with Crippen molar-refractivity contribution in [3.05, 3.63) is 51.5 Å². The van der Waals surface area contributed by atoms with Crippen LogP contribution >= 0.6 is 11.3 Å². The predicted molar refractivity (Wildman–Crippen MR) is 83.1 cm³/mol. The van der Waals surface area contributed by atoms with Gasteiger partial charge in [0.05, 0.1) is 12.2 Å². The summed E-state index contributed by atoms with van der Waals surface area (Å²) in [5.74, 6) is -0.312. The van der Waals surface area contributed by atoms with Gasteiger partial charge in [-0.15, -0.1) is 11.3 Å². The molecule has 3 rings (SSSR count). The summed E-state index contributed by atoms with van der Waals surface area (Å²) in [6.45, 7) is 3.36. The Morgan fingerprint density at radius 2 is 2.29 bits per heavy atom. The molecule has 5 heteroatoms. The fourth-order valence-corrected chi connectivity index (χ4v) is 3.40. The van der Waals surface area contributed by atoms with E-state index in [0.717, 1.165) is 18.5 Å². The van der Waals surface area contributed by atoms with Crippen molar-refractivity contribution in [1.29, 1.82) is 0 Å². The van der Waals surface area contributed by atoms with Crippen molar-refractivity contribution in [3.8, 4) is 0 Å². The third-order valence-corrected chi connectivity index (χ3v) is 4.74. The van der Waals surface area contributed by atoms with Gasteiger partial charge in [-0.2, -0.15) is 0 Å². The highest BCUT2D eigenvalue weighted by molar-refractivity contribution is 7.10. The number of carbonyl (C=O) groups excluding carboxylic acids is 1. The Labute approximate surface area is 127 Å². The number of hydrogen-bond donors (Lipinski definition) is 1. The number of carbonyl (C=O) groups is 1. The summed E-state index contributed by atoms with van der Waals surface area (Å²) >= 11 is 1.75. The molecule has 0 unspecified atom stereocenters. The molecule has 21 heavy (non-hydrogen) atoms. The van der Waals surface area contributed by atoms with Crippen LogP contribution in [0.15, 0.2) is 29.6 Å². The second-order valence-electron chi connectivity index (χ2n) is 5.27. The van der Waals surface area contributed by atoms with E-state index in [-0.39, 0.29) is 18.3 Å². The number of hydrogen-bond acceptors (Lipinski definition) is 3. The summed E-state index contributed by atoms with van der Waals surface area (Å²) in [6, 6.07) is 7.04. The molecule has 3 nitrogen and oxygen atoms in total. The van der Waals surface area contributed by atoms with Crippen LogP contribution in [-0.2, 0) is 17.8 Å². The molecule has 0 fully saturated rings. The maximum Gasteiger partial charge on any atom is 0.242 e. The Bertz CT molecular complexity index is 668. The van der Waals surface area contributed by atoms with Gasteiger partial charge in [0.2, 0.25) is 5.91 Å². The lowest BCUT2D eigenvalue weighted by atomic mass is 10.1. The first-order chi connectivity index (χ1) is 10.1. The van der Waals surface area contributed by atoms with Gasteiger partial charge in [-0.25, -0.2) is 4.39 Å². The van der Waals surface area contributed by atoms with Crippen LogP contribution in [-0.4, -0.2) is 23.9 Å². The molecule has 0 bridgehead atoms. The zero-order chi connectivity index (χ0) is 14.8. The number of fused-ring (bicyclic) bond motifs is 1.